The number of thiazole rings is 1. The lowest BCUT2D eigenvalue weighted by atomic mass is 10.1. The Kier molecular flexibility index (Phi) is 20.9. The number of alkyl carbamates (subject to hydrolysis) is 1. The van der Waals surface area contributed by atoms with Crippen molar-refractivity contribution in [2.75, 3.05) is 32.1 Å². The summed E-state index contributed by atoms with van der Waals surface area (Å²) in [7, 11) is 1.22. The Morgan fingerprint density at radius 3 is 2.15 bits per heavy atom. The second-order valence-corrected chi connectivity index (χ2v) is 16.1. The lowest BCUT2D eigenvalue weighted by molar-refractivity contribution is -0.135. The standard InChI is InChI=1S/C40H54N8O5S.C2H5NO2.C2H6/c1-10-18-46(35(50)20-26(5)6)23-32-41-21-30(42-32)28-14-16-29(17-15-28)31-22-48-24-33(44-38(48)54-31)43-34(49)25-47(19-11-2)37(51)36(27(12-3)13-4)45-39(52)53-40(7,8)9;1-5-2(3)4;1-2/h12-17,21-22,24,26,36H,3,10-11,18-20,23,25H2,1-2,4-9H3,(H,41,42)(H,43,49)(H,45,52);1H3,(H2,3,4);1-2H3/b27-13+;;. The average molecular weight is 864 g/mol. The SMILES string of the molecule is C=C/C(=C\C)C(NC(=O)OC(C)(C)C)C(=O)N(CCC)CC(=O)Nc1cn2cc(-c3ccc(-c4cnc(CN(CCC)C(=O)CC(C)C)[nH]4)cc3)sc2n1.CC.COC(N)=O. The van der Waals surface area contributed by atoms with Gasteiger partial charge in [-0.05, 0) is 63.2 Å². The number of nitrogens with two attached hydrogens (primary N) is 1. The van der Waals surface area contributed by atoms with Gasteiger partial charge in [0, 0.05) is 25.7 Å². The molecule has 0 radical (unpaired) electrons. The molecule has 0 saturated heterocycles. The number of allylic oxidation sites excluding steroid dienone is 1. The van der Waals surface area contributed by atoms with Crippen molar-refractivity contribution in [3.63, 3.8) is 0 Å². The zero-order chi connectivity index (χ0) is 45.9. The van der Waals surface area contributed by atoms with Crippen molar-refractivity contribution < 1.29 is 33.4 Å². The molecular weight excluding hydrogens is 799 g/mol. The van der Waals surface area contributed by atoms with E-state index >= 15 is 0 Å². The van der Waals surface area contributed by atoms with Gasteiger partial charge in [-0.3, -0.25) is 18.8 Å². The van der Waals surface area contributed by atoms with E-state index in [2.05, 4.69) is 63.4 Å². The molecule has 3 aromatic heterocycles. The highest BCUT2D eigenvalue weighted by atomic mass is 32.1. The number of anilines is 1. The van der Waals surface area contributed by atoms with Crippen molar-refractivity contribution in [2.45, 2.75) is 107 Å². The second-order valence-electron chi connectivity index (χ2n) is 15.0. The highest BCUT2D eigenvalue weighted by Crippen LogP contribution is 2.31. The summed E-state index contributed by atoms with van der Waals surface area (Å²) < 4.78 is 11.1. The maximum Gasteiger partial charge on any atom is 0.408 e. The van der Waals surface area contributed by atoms with Gasteiger partial charge in [0.25, 0.3) is 0 Å². The summed E-state index contributed by atoms with van der Waals surface area (Å²) in [4.78, 5) is 79.1. The number of aromatic nitrogens is 4. The lowest BCUT2D eigenvalue weighted by Gasteiger charge is -2.29. The van der Waals surface area contributed by atoms with Crippen molar-refractivity contribution in [3.8, 4) is 21.7 Å². The molecule has 1 atom stereocenters. The minimum atomic E-state index is -1.07. The monoisotopic (exact) mass is 863 g/mol. The summed E-state index contributed by atoms with van der Waals surface area (Å²) in [6.07, 6.45) is 9.19. The molecule has 1 aromatic carbocycles. The van der Waals surface area contributed by atoms with Crippen LogP contribution < -0.4 is 16.4 Å². The van der Waals surface area contributed by atoms with Gasteiger partial charge < -0.3 is 40.6 Å². The molecule has 1 unspecified atom stereocenters. The van der Waals surface area contributed by atoms with Gasteiger partial charge >= 0.3 is 12.2 Å². The first-order valence-electron chi connectivity index (χ1n) is 20.5. The topological polar surface area (TPSA) is 206 Å². The zero-order valence-electron chi connectivity index (χ0n) is 37.6. The van der Waals surface area contributed by atoms with Gasteiger partial charge in [0.05, 0.1) is 43.2 Å². The molecule has 17 heteroatoms. The van der Waals surface area contributed by atoms with Gasteiger partial charge in [0.1, 0.15) is 17.5 Å². The number of primary amides is 1. The first-order chi connectivity index (χ1) is 28.9. The number of carbonyl (C=O) groups is 5. The molecule has 4 rings (SSSR count). The van der Waals surface area contributed by atoms with Crippen LogP contribution in [0.2, 0.25) is 0 Å². The predicted octanol–water partition coefficient (Wildman–Crippen LogP) is 8.18. The van der Waals surface area contributed by atoms with E-state index in [0.29, 0.717) is 54.7 Å². The number of fused-ring (bicyclic) bond motifs is 1. The molecule has 0 saturated carbocycles. The number of carbonyl (C=O) groups excluding carboxylic acids is 5. The van der Waals surface area contributed by atoms with Crippen molar-refractivity contribution in [1.82, 2.24) is 34.5 Å². The van der Waals surface area contributed by atoms with Crippen LogP contribution in [0, 0.1) is 5.92 Å². The Hall–Kier alpha value is -5.97. The second kappa shape index (κ2) is 25.0. The van der Waals surface area contributed by atoms with Gasteiger partial charge in [-0.1, -0.05) is 95.9 Å². The average Bonchev–Trinajstić information content (AvgIpc) is 3.93. The first-order valence-corrected chi connectivity index (χ1v) is 21.3. The molecule has 334 valence electrons. The van der Waals surface area contributed by atoms with Gasteiger partial charge in [-0.15, -0.1) is 0 Å². The molecule has 0 aliphatic carbocycles. The number of nitrogens with zero attached hydrogens (tertiary/aromatic N) is 5. The van der Waals surface area contributed by atoms with Crippen molar-refractivity contribution in [3.05, 3.63) is 73.0 Å². The van der Waals surface area contributed by atoms with Crippen LogP contribution in [0.1, 0.15) is 94.3 Å². The molecule has 3 heterocycles. The molecule has 0 aliphatic rings. The number of benzene rings is 1. The quantitative estimate of drug-likeness (QED) is 0.0754. The maximum absolute atomic E-state index is 13.7. The summed E-state index contributed by atoms with van der Waals surface area (Å²) in [5.41, 5.74) is 7.03. The molecule has 4 aromatic rings. The summed E-state index contributed by atoms with van der Waals surface area (Å²) in [6.45, 7) is 24.0. The Balaban J connectivity index is 0.00000170. The number of imidazole rings is 2. The van der Waals surface area contributed by atoms with Gasteiger partial charge in [0.2, 0.25) is 17.7 Å². The van der Waals surface area contributed by atoms with Crippen LogP contribution in [0.4, 0.5) is 15.4 Å². The number of rotatable bonds is 17. The van der Waals surface area contributed by atoms with E-state index in [-0.39, 0.29) is 12.5 Å². The highest BCUT2D eigenvalue weighted by Gasteiger charge is 2.31. The van der Waals surface area contributed by atoms with E-state index in [1.807, 2.05) is 60.5 Å². The molecule has 0 aliphatic heterocycles. The van der Waals surface area contributed by atoms with Gasteiger partial charge in [0.15, 0.2) is 10.8 Å². The van der Waals surface area contributed by atoms with E-state index in [0.717, 1.165) is 33.9 Å². The van der Waals surface area contributed by atoms with E-state index in [9.17, 15) is 24.0 Å². The van der Waals surface area contributed by atoms with E-state index < -0.39 is 35.6 Å². The number of ether oxygens (including phenoxy) is 2. The lowest BCUT2D eigenvalue weighted by Crippen LogP contribution is -2.52. The summed E-state index contributed by atoms with van der Waals surface area (Å²) in [6, 6.07) is 7.06. The zero-order valence-corrected chi connectivity index (χ0v) is 38.4. The van der Waals surface area contributed by atoms with Crippen LogP contribution in [0.15, 0.2) is 67.2 Å². The number of hydrogen-bond acceptors (Lipinski definition) is 10. The van der Waals surface area contributed by atoms with Crippen molar-refractivity contribution in [1.29, 1.82) is 0 Å². The fourth-order valence-electron chi connectivity index (χ4n) is 5.80. The Bertz CT molecular complexity index is 2050. The van der Waals surface area contributed by atoms with E-state index in [4.69, 9.17) is 4.74 Å². The summed E-state index contributed by atoms with van der Waals surface area (Å²) in [5.74, 6) is 0.684. The van der Waals surface area contributed by atoms with Crippen molar-refractivity contribution in [2.24, 2.45) is 11.7 Å². The van der Waals surface area contributed by atoms with Crippen LogP contribution in [-0.4, -0.2) is 97.4 Å². The summed E-state index contributed by atoms with van der Waals surface area (Å²) >= 11 is 1.48. The van der Waals surface area contributed by atoms with E-state index in [1.165, 1.54) is 29.4 Å². The summed E-state index contributed by atoms with van der Waals surface area (Å²) in [5, 5.41) is 5.46. The van der Waals surface area contributed by atoms with Crippen LogP contribution in [0.3, 0.4) is 0 Å². The molecule has 0 bridgehead atoms. The number of amides is 5. The third-order valence-corrected chi connectivity index (χ3v) is 9.50. The third kappa shape index (κ3) is 16.5. The maximum atomic E-state index is 13.7. The molecule has 0 spiro atoms. The fraction of sp³-hybridized carbons (Fsp3) is 0.477. The van der Waals surface area contributed by atoms with Crippen LogP contribution in [0.5, 0.6) is 0 Å². The minimum absolute atomic E-state index is 0.142. The number of methoxy groups -OCH3 is 1. The number of H-pyrrole nitrogens is 1. The largest absolute Gasteiger partial charge is 0.453 e. The van der Waals surface area contributed by atoms with Crippen molar-refractivity contribution >= 4 is 52.0 Å². The van der Waals surface area contributed by atoms with Crippen LogP contribution >= 0.6 is 11.3 Å². The fourth-order valence-corrected chi connectivity index (χ4v) is 6.78. The Morgan fingerprint density at radius 2 is 1.62 bits per heavy atom. The van der Waals surface area contributed by atoms with Crippen LogP contribution in [-0.2, 0) is 30.4 Å². The number of hydrogen-bond donors (Lipinski definition) is 4. The van der Waals surface area contributed by atoms with Gasteiger partial charge in [-0.2, -0.15) is 0 Å². The normalized spacial score (nSPS) is 11.6. The molecule has 5 amide bonds. The Morgan fingerprint density at radius 1 is 1.02 bits per heavy atom. The number of aromatic amines is 1. The molecule has 5 N–H and O–H groups in total. The third-order valence-electron chi connectivity index (χ3n) is 8.45. The molecule has 16 nitrogen and oxygen atoms in total. The smallest absolute Gasteiger partial charge is 0.408 e. The van der Waals surface area contributed by atoms with Gasteiger partial charge in [-0.25, -0.2) is 19.6 Å². The van der Waals surface area contributed by atoms with E-state index in [1.54, 1.807) is 46.2 Å². The Labute approximate surface area is 364 Å². The molecular formula is C44H65N9O7S. The highest BCUT2D eigenvalue weighted by molar-refractivity contribution is 7.20. The minimum Gasteiger partial charge on any atom is -0.453 e. The number of nitrogens with one attached hydrogen (secondary N) is 3. The van der Waals surface area contributed by atoms with Crippen LogP contribution in [0.25, 0.3) is 26.7 Å². The first kappa shape index (κ1) is 51.2. The predicted molar refractivity (Wildman–Crippen MR) is 242 cm³/mol. The molecule has 0 fully saturated rings. The molecule has 61 heavy (non-hydrogen) atoms.